The number of amides is 1. The highest BCUT2D eigenvalue weighted by Gasteiger charge is 2.22. The number of carbonyl (C=O) groups excluding carboxylic acids is 1. The van der Waals surface area contributed by atoms with Crippen molar-refractivity contribution >= 4 is 5.91 Å². The van der Waals surface area contributed by atoms with Gasteiger partial charge in [0.15, 0.2) is 11.5 Å². The largest absolute Gasteiger partial charge is 0.504 e. The van der Waals surface area contributed by atoms with E-state index in [1.54, 1.807) is 0 Å². The molecule has 1 fully saturated rings. The molecule has 110 valence electrons. The van der Waals surface area contributed by atoms with Crippen LogP contribution in [0.3, 0.4) is 0 Å². The third kappa shape index (κ3) is 3.40. The first-order valence-electron chi connectivity index (χ1n) is 6.66. The highest BCUT2D eigenvalue weighted by atomic mass is 16.3. The van der Waals surface area contributed by atoms with E-state index in [0.29, 0.717) is 12.1 Å². The fraction of sp³-hybridized carbons (Fsp3) is 0.500. The number of rotatable bonds is 3. The lowest BCUT2D eigenvalue weighted by molar-refractivity contribution is 0.0881. The van der Waals surface area contributed by atoms with Gasteiger partial charge < -0.3 is 20.4 Å². The van der Waals surface area contributed by atoms with E-state index in [1.807, 2.05) is 0 Å². The normalized spacial score (nSPS) is 20.8. The molecule has 1 heterocycles. The average Bonchev–Trinajstić information content (AvgIpc) is 2.42. The highest BCUT2D eigenvalue weighted by molar-refractivity contribution is 5.94. The molecule has 0 bridgehead atoms. The van der Waals surface area contributed by atoms with Crippen molar-refractivity contribution in [1.82, 2.24) is 15.1 Å². The summed E-state index contributed by atoms with van der Waals surface area (Å²) in [5, 5.41) is 21.5. The summed E-state index contributed by atoms with van der Waals surface area (Å²) in [6, 6.07) is 4.34. The topological polar surface area (TPSA) is 76.0 Å². The molecule has 1 amide bonds. The molecule has 1 aliphatic heterocycles. The van der Waals surface area contributed by atoms with Gasteiger partial charge in [0.05, 0.1) is 0 Å². The average molecular weight is 279 g/mol. The van der Waals surface area contributed by atoms with Crippen LogP contribution in [-0.2, 0) is 0 Å². The molecule has 6 nitrogen and oxygen atoms in total. The number of hydrogen-bond acceptors (Lipinski definition) is 5. The van der Waals surface area contributed by atoms with E-state index < -0.39 is 0 Å². The Morgan fingerprint density at radius 3 is 2.75 bits per heavy atom. The minimum absolute atomic E-state index is 0.227. The van der Waals surface area contributed by atoms with E-state index in [0.717, 1.165) is 19.6 Å². The van der Waals surface area contributed by atoms with Gasteiger partial charge in [-0.2, -0.15) is 0 Å². The lowest BCUT2D eigenvalue weighted by atomic mass is 10.1. The van der Waals surface area contributed by atoms with Gasteiger partial charge >= 0.3 is 0 Å². The summed E-state index contributed by atoms with van der Waals surface area (Å²) in [5.41, 5.74) is 0.340. The molecule has 1 atom stereocenters. The summed E-state index contributed by atoms with van der Waals surface area (Å²) < 4.78 is 0. The summed E-state index contributed by atoms with van der Waals surface area (Å²) in [4.78, 5) is 16.5. The van der Waals surface area contributed by atoms with Crippen LogP contribution in [0, 0.1) is 0 Å². The monoisotopic (exact) mass is 279 g/mol. The van der Waals surface area contributed by atoms with Crippen LogP contribution in [0.4, 0.5) is 0 Å². The van der Waals surface area contributed by atoms with Crippen LogP contribution in [-0.4, -0.2) is 72.2 Å². The lowest BCUT2D eigenvalue weighted by Crippen LogP contribution is -2.54. The summed E-state index contributed by atoms with van der Waals surface area (Å²) in [6.45, 7) is 3.49. The Kier molecular flexibility index (Phi) is 4.46. The maximum absolute atomic E-state index is 12.0. The van der Waals surface area contributed by atoms with Gasteiger partial charge in [0.25, 0.3) is 5.91 Å². The van der Waals surface area contributed by atoms with Crippen molar-refractivity contribution in [1.29, 1.82) is 0 Å². The molecule has 1 saturated heterocycles. The van der Waals surface area contributed by atoms with Crippen LogP contribution < -0.4 is 5.32 Å². The Balaban J connectivity index is 1.92. The number of likely N-dealkylation sites (N-methyl/N-ethyl adjacent to an activating group) is 2. The second kappa shape index (κ2) is 6.11. The molecular formula is C14H21N3O3. The molecule has 2 rings (SSSR count). The van der Waals surface area contributed by atoms with Gasteiger partial charge in [-0.15, -0.1) is 0 Å². The van der Waals surface area contributed by atoms with Gasteiger partial charge in [0.1, 0.15) is 0 Å². The van der Waals surface area contributed by atoms with Crippen molar-refractivity contribution in [2.24, 2.45) is 0 Å². The van der Waals surface area contributed by atoms with Crippen LogP contribution in [0.25, 0.3) is 0 Å². The minimum Gasteiger partial charge on any atom is -0.504 e. The smallest absolute Gasteiger partial charge is 0.251 e. The number of phenolic OH excluding ortho intramolecular Hbond substituents is 2. The molecule has 0 radical (unpaired) electrons. The number of aromatic hydroxyl groups is 2. The predicted octanol–water partition coefficient (Wildman–Crippen LogP) is 0.0734. The van der Waals surface area contributed by atoms with Crippen LogP contribution in [0.5, 0.6) is 11.5 Å². The van der Waals surface area contributed by atoms with Crippen LogP contribution >= 0.6 is 0 Å². The highest BCUT2D eigenvalue weighted by Crippen LogP contribution is 2.24. The molecule has 1 aromatic rings. The molecule has 1 aliphatic rings. The molecule has 6 heteroatoms. The third-order valence-corrected chi connectivity index (χ3v) is 3.72. The Morgan fingerprint density at radius 1 is 1.30 bits per heavy atom. The fourth-order valence-electron chi connectivity index (χ4n) is 2.30. The zero-order valence-corrected chi connectivity index (χ0v) is 11.8. The van der Waals surface area contributed by atoms with Crippen molar-refractivity contribution in [2.45, 2.75) is 6.04 Å². The van der Waals surface area contributed by atoms with Gasteiger partial charge in [0, 0.05) is 37.8 Å². The van der Waals surface area contributed by atoms with Gasteiger partial charge in [0.2, 0.25) is 0 Å². The van der Waals surface area contributed by atoms with Crippen molar-refractivity contribution in [3.05, 3.63) is 23.8 Å². The Labute approximate surface area is 118 Å². The molecule has 20 heavy (non-hydrogen) atoms. The van der Waals surface area contributed by atoms with Crippen LogP contribution in [0.1, 0.15) is 10.4 Å². The Morgan fingerprint density at radius 2 is 2.05 bits per heavy atom. The van der Waals surface area contributed by atoms with Gasteiger partial charge in [-0.05, 0) is 32.3 Å². The second-order valence-corrected chi connectivity index (χ2v) is 5.31. The van der Waals surface area contributed by atoms with Crippen molar-refractivity contribution in [3.63, 3.8) is 0 Å². The van der Waals surface area contributed by atoms with Gasteiger partial charge in [-0.3, -0.25) is 9.69 Å². The molecule has 0 saturated carbocycles. The molecule has 0 aromatic heterocycles. The van der Waals surface area contributed by atoms with Gasteiger partial charge in [-0.1, -0.05) is 0 Å². The molecule has 1 aromatic carbocycles. The van der Waals surface area contributed by atoms with Crippen LogP contribution in [0.15, 0.2) is 18.2 Å². The SMILES string of the molecule is CN1CCN(C)C(CNC(=O)c2ccc(O)c(O)c2)C1. The van der Waals surface area contributed by atoms with Crippen molar-refractivity contribution < 1.29 is 15.0 Å². The first-order valence-corrected chi connectivity index (χ1v) is 6.66. The molecule has 3 N–H and O–H groups in total. The zero-order chi connectivity index (χ0) is 14.7. The van der Waals surface area contributed by atoms with E-state index in [-0.39, 0.29) is 23.4 Å². The summed E-state index contributed by atoms with van der Waals surface area (Å²) >= 11 is 0. The molecule has 0 spiro atoms. The van der Waals surface area contributed by atoms with E-state index in [1.165, 1.54) is 18.2 Å². The minimum atomic E-state index is -0.285. The quantitative estimate of drug-likeness (QED) is 0.683. The van der Waals surface area contributed by atoms with E-state index in [2.05, 4.69) is 29.2 Å². The third-order valence-electron chi connectivity index (χ3n) is 3.72. The number of phenols is 2. The summed E-state index contributed by atoms with van der Waals surface area (Å²) in [6.07, 6.45) is 0. The second-order valence-electron chi connectivity index (χ2n) is 5.31. The molecular weight excluding hydrogens is 258 g/mol. The summed E-state index contributed by atoms with van der Waals surface area (Å²) in [7, 11) is 4.12. The standard InChI is InChI=1S/C14H21N3O3/c1-16-5-6-17(2)11(9-16)8-15-14(20)10-3-4-12(18)13(19)7-10/h3-4,7,11,18-19H,5-6,8-9H2,1-2H3,(H,15,20). The number of benzene rings is 1. The number of carbonyl (C=O) groups is 1. The van der Waals surface area contributed by atoms with Crippen molar-refractivity contribution in [3.8, 4) is 11.5 Å². The molecule has 0 aliphatic carbocycles. The van der Waals surface area contributed by atoms with E-state index >= 15 is 0 Å². The van der Waals surface area contributed by atoms with E-state index in [9.17, 15) is 15.0 Å². The van der Waals surface area contributed by atoms with Crippen molar-refractivity contribution in [2.75, 3.05) is 40.3 Å². The Bertz CT molecular complexity index is 493. The van der Waals surface area contributed by atoms with Crippen LogP contribution in [0.2, 0.25) is 0 Å². The maximum atomic E-state index is 12.0. The number of nitrogens with one attached hydrogen (secondary N) is 1. The number of nitrogens with zero attached hydrogens (tertiary/aromatic N) is 2. The fourth-order valence-corrected chi connectivity index (χ4v) is 2.30. The number of hydrogen-bond donors (Lipinski definition) is 3. The van der Waals surface area contributed by atoms with E-state index in [4.69, 9.17) is 0 Å². The summed E-state index contributed by atoms with van der Waals surface area (Å²) in [5.74, 6) is -0.760. The van der Waals surface area contributed by atoms with Gasteiger partial charge in [-0.25, -0.2) is 0 Å². The molecule has 1 unspecified atom stereocenters. The first kappa shape index (κ1) is 14.6. The lowest BCUT2D eigenvalue weighted by Gasteiger charge is -2.37. The zero-order valence-electron chi connectivity index (χ0n) is 11.8. The number of piperazine rings is 1. The predicted molar refractivity (Wildman–Crippen MR) is 76.0 cm³/mol. The first-order chi connectivity index (χ1) is 9.47. The maximum Gasteiger partial charge on any atom is 0.251 e. The Hall–Kier alpha value is -1.79.